The summed E-state index contributed by atoms with van der Waals surface area (Å²) in [5.41, 5.74) is 10.1. The van der Waals surface area contributed by atoms with Crippen molar-refractivity contribution >= 4 is 5.69 Å². The Bertz CT molecular complexity index is 628. The molecule has 0 saturated carbocycles. The van der Waals surface area contributed by atoms with Gasteiger partial charge in [-0.1, -0.05) is 18.2 Å². The Morgan fingerprint density at radius 3 is 2.67 bits per heavy atom. The maximum absolute atomic E-state index is 6.11. The highest BCUT2D eigenvalue weighted by atomic mass is 16.5. The van der Waals surface area contributed by atoms with Gasteiger partial charge in [-0.05, 0) is 49.6 Å². The number of aryl methyl sites for hydroxylation is 2. The number of fused-ring (bicyclic) bond motifs is 1. The lowest BCUT2D eigenvalue weighted by Gasteiger charge is -2.26. The van der Waals surface area contributed by atoms with Gasteiger partial charge >= 0.3 is 0 Å². The molecular weight excluding hydrogens is 262 g/mol. The van der Waals surface area contributed by atoms with Crippen molar-refractivity contribution in [3.63, 3.8) is 0 Å². The molecule has 0 bridgehead atoms. The van der Waals surface area contributed by atoms with Gasteiger partial charge in [0.05, 0.1) is 13.2 Å². The van der Waals surface area contributed by atoms with E-state index in [4.69, 9.17) is 15.2 Å². The first-order valence-electron chi connectivity index (χ1n) is 7.36. The smallest absolute Gasteiger partial charge is 0.125 e. The fraction of sp³-hybridized carbons (Fsp3) is 0.333. The molecule has 1 aliphatic heterocycles. The molecule has 0 fully saturated rings. The lowest BCUT2D eigenvalue weighted by molar-refractivity contribution is 0.216. The van der Waals surface area contributed by atoms with E-state index in [1.54, 1.807) is 0 Å². The Kier molecular flexibility index (Phi) is 3.74. The van der Waals surface area contributed by atoms with Crippen LogP contribution in [0.15, 0.2) is 36.4 Å². The molecule has 2 aromatic rings. The molecule has 0 saturated heterocycles. The summed E-state index contributed by atoms with van der Waals surface area (Å²) in [6, 6.07) is 12.1. The molecule has 0 amide bonds. The second-order valence-corrected chi connectivity index (χ2v) is 5.67. The van der Waals surface area contributed by atoms with Gasteiger partial charge in [0.25, 0.3) is 0 Å². The third kappa shape index (κ3) is 2.82. The summed E-state index contributed by atoms with van der Waals surface area (Å²) in [6.45, 7) is 5.50. The number of hydrogen-bond donors (Lipinski definition) is 1. The van der Waals surface area contributed by atoms with Crippen molar-refractivity contribution in [1.82, 2.24) is 0 Å². The highest BCUT2D eigenvalue weighted by Gasteiger charge is 2.22. The Labute approximate surface area is 125 Å². The fourth-order valence-electron chi connectivity index (χ4n) is 2.98. The molecule has 1 heterocycles. The number of hydrogen-bond acceptors (Lipinski definition) is 3. The Hall–Kier alpha value is -2.16. The van der Waals surface area contributed by atoms with Crippen LogP contribution in [0.4, 0.5) is 5.69 Å². The van der Waals surface area contributed by atoms with E-state index in [1.807, 2.05) is 38.1 Å². The summed E-state index contributed by atoms with van der Waals surface area (Å²) in [4.78, 5) is 0. The molecule has 110 valence electrons. The minimum Gasteiger partial charge on any atom is -0.493 e. The van der Waals surface area contributed by atoms with Crippen molar-refractivity contribution in [2.24, 2.45) is 0 Å². The average Bonchev–Trinajstić information content (AvgIpc) is 2.46. The van der Waals surface area contributed by atoms with Crippen LogP contribution >= 0.6 is 0 Å². The second kappa shape index (κ2) is 5.68. The maximum atomic E-state index is 6.11. The molecule has 2 N–H and O–H groups in total. The van der Waals surface area contributed by atoms with Crippen LogP contribution in [0.1, 0.15) is 29.0 Å². The maximum Gasteiger partial charge on any atom is 0.125 e. The summed E-state index contributed by atoms with van der Waals surface area (Å²) < 4.78 is 11.8. The average molecular weight is 283 g/mol. The van der Waals surface area contributed by atoms with Crippen molar-refractivity contribution < 1.29 is 9.47 Å². The predicted octanol–water partition coefficient (Wildman–Crippen LogP) is 3.83. The molecule has 3 rings (SSSR count). The normalized spacial score (nSPS) is 17.0. The first kappa shape index (κ1) is 13.8. The molecule has 2 aromatic carbocycles. The highest BCUT2D eigenvalue weighted by molar-refractivity contribution is 5.52. The molecular formula is C18H21NO2. The van der Waals surface area contributed by atoms with Crippen molar-refractivity contribution in [2.75, 3.05) is 18.9 Å². The Morgan fingerprint density at radius 1 is 1.19 bits per heavy atom. The molecule has 0 aromatic heterocycles. The topological polar surface area (TPSA) is 44.5 Å². The lowest BCUT2D eigenvalue weighted by Crippen LogP contribution is -2.20. The highest BCUT2D eigenvalue weighted by Crippen LogP contribution is 2.34. The molecule has 1 unspecified atom stereocenters. The third-order valence-electron chi connectivity index (χ3n) is 3.99. The first-order chi connectivity index (χ1) is 10.1. The van der Waals surface area contributed by atoms with Gasteiger partial charge in [0.15, 0.2) is 0 Å². The fourth-order valence-corrected chi connectivity index (χ4v) is 2.98. The van der Waals surface area contributed by atoms with Gasteiger partial charge in [-0.2, -0.15) is 0 Å². The van der Waals surface area contributed by atoms with Gasteiger partial charge in [-0.25, -0.2) is 0 Å². The van der Waals surface area contributed by atoms with Gasteiger partial charge in [0.2, 0.25) is 0 Å². The number of nitrogens with two attached hydrogens (primary N) is 1. The molecule has 1 aliphatic rings. The number of benzene rings is 2. The van der Waals surface area contributed by atoms with Gasteiger partial charge in [-0.3, -0.25) is 0 Å². The first-order valence-corrected chi connectivity index (χ1v) is 7.36. The van der Waals surface area contributed by atoms with E-state index in [9.17, 15) is 0 Å². The summed E-state index contributed by atoms with van der Waals surface area (Å²) in [6.07, 6.45) is 0.990. The number of nitrogen functional groups attached to an aromatic ring is 1. The van der Waals surface area contributed by atoms with E-state index in [0.717, 1.165) is 41.3 Å². The monoisotopic (exact) mass is 283 g/mol. The van der Waals surface area contributed by atoms with Crippen molar-refractivity contribution in [1.29, 1.82) is 0 Å². The van der Waals surface area contributed by atoms with Gasteiger partial charge < -0.3 is 15.2 Å². The lowest BCUT2D eigenvalue weighted by atomic mass is 9.94. The van der Waals surface area contributed by atoms with Crippen LogP contribution in [0.5, 0.6) is 11.5 Å². The summed E-state index contributed by atoms with van der Waals surface area (Å²) in [5, 5.41) is 0. The van der Waals surface area contributed by atoms with E-state index in [1.165, 1.54) is 5.56 Å². The van der Waals surface area contributed by atoms with Crippen LogP contribution in [0, 0.1) is 13.8 Å². The van der Waals surface area contributed by atoms with Gasteiger partial charge in [0, 0.05) is 17.2 Å². The Morgan fingerprint density at radius 2 is 1.90 bits per heavy atom. The van der Waals surface area contributed by atoms with E-state index < -0.39 is 0 Å². The van der Waals surface area contributed by atoms with Crippen LogP contribution in [0.25, 0.3) is 0 Å². The minimum atomic E-state index is 0.381. The van der Waals surface area contributed by atoms with Crippen molar-refractivity contribution in [3.05, 3.63) is 53.1 Å². The Balaban J connectivity index is 1.78. The van der Waals surface area contributed by atoms with Crippen LogP contribution < -0.4 is 15.2 Å². The van der Waals surface area contributed by atoms with E-state index in [0.29, 0.717) is 12.5 Å². The van der Waals surface area contributed by atoms with Crippen molar-refractivity contribution in [2.45, 2.75) is 26.2 Å². The summed E-state index contributed by atoms with van der Waals surface area (Å²) in [5.74, 6) is 2.32. The largest absolute Gasteiger partial charge is 0.493 e. The number of rotatable bonds is 3. The molecule has 0 radical (unpaired) electrons. The molecule has 0 aliphatic carbocycles. The second-order valence-electron chi connectivity index (χ2n) is 5.67. The van der Waals surface area contributed by atoms with Crippen LogP contribution in [-0.2, 0) is 0 Å². The van der Waals surface area contributed by atoms with Crippen LogP contribution in [0.3, 0.4) is 0 Å². The molecule has 21 heavy (non-hydrogen) atoms. The molecule has 0 spiro atoms. The SMILES string of the molecule is Cc1cc(N)cc(C)c1OCC1CCOc2ccccc21. The van der Waals surface area contributed by atoms with E-state index >= 15 is 0 Å². The number of para-hydroxylation sites is 1. The van der Waals surface area contributed by atoms with E-state index in [2.05, 4.69) is 12.1 Å². The standard InChI is InChI=1S/C18H21NO2/c1-12-9-15(19)10-13(2)18(12)21-11-14-7-8-20-17-6-4-3-5-16(14)17/h3-6,9-10,14H,7-8,11,19H2,1-2H3. The molecule has 3 heteroatoms. The molecule has 1 atom stereocenters. The van der Waals surface area contributed by atoms with Crippen LogP contribution in [-0.4, -0.2) is 13.2 Å². The number of anilines is 1. The molecule has 3 nitrogen and oxygen atoms in total. The van der Waals surface area contributed by atoms with Gasteiger partial charge in [-0.15, -0.1) is 0 Å². The zero-order chi connectivity index (χ0) is 14.8. The van der Waals surface area contributed by atoms with Crippen molar-refractivity contribution in [3.8, 4) is 11.5 Å². The minimum absolute atomic E-state index is 0.381. The predicted molar refractivity (Wildman–Crippen MR) is 85.1 cm³/mol. The van der Waals surface area contributed by atoms with Gasteiger partial charge in [0.1, 0.15) is 11.5 Å². The zero-order valence-corrected chi connectivity index (χ0v) is 12.6. The summed E-state index contributed by atoms with van der Waals surface area (Å²) >= 11 is 0. The van der Waals surface area contributed by atoms with Crippen LogP contribution in [0.2, 0.25) is 0 Å². The zero-order valence-electron chi connectivity index (χ0n) is 12.6. The number of ether oxygens (including phenoxy) is 2. The summed E-state index contributed by atoms with van der Waals surface area (Å²) in [7, 11) is 0. The third-order valence-corrected chi connectivity index (χ3v) is 3.99. The van der Waals surface area contributed by atoms with E-state index in [-0.39, 0.29) is 0 Å². The quantitative estimate of drug-likeness (QED) is 0.871.